The molecule has 1 fully saturated rings. The van der Waals surface area contributed by atoms with Crippen LogP contribution in [-0.2, 0) is 9.59 Å². The predicted octanol–water partition coefficient (Wildman–Crippen LogP) is 2.13. The van der Waals surface area contributed by atoms with E-state index in [4.69, 9.17) is 5.21 Å². The predicted molar refractivity (Wildman–Crippen MR) is 103 cm³/mol. The molecule has 1 aromatic heterocycles. The molecule has 1 aliphatic carbocycles. The molecule has 0 saturated heterocycles. The summed E-state index contributed by atoms with van der Waals surface area (Å²) in [5, 5.41) is 14.7. The number of aromatic nitrogens is 2. The summed E-state index contributed by atoms with van der Waals surface area (Å²) in [6, 6.07) is -0.373. The van der Waals surface area contributed by atoms with Gasteiger partial charge in [-0.25, -0.2) is 10.5 Å². The lowest BCUT2D eigenvalue weighted by Crippen LogP contribution is -2.42. The number of hydrogen-bond acceptors (Lipinski definition) is 6. The average molecular weight is 375 g/mol. The highest BCUT2D eigenvalue weighted by Crippen LogP contribution is 2.23. The maximum atomic E-state index is 12.6. The Kier molecular flexibility index (Phi) is 8.19. The van der Waals surface area contributed by atoms with Crippen molar-refractivity contribution in [1.82, 2.24) is 20.8 Å². The van der Waals surface area contributed by atoms with Gasteiger partial charge in [0, 0.05) is 12.6 Å². The molecule has 0 spiro atoms. The molecule has 8 heteroatoms. The van der Waals surface area contributed by atoms with Gasteiger partial charge < -0.3 is 10.6 Å². The first kappa shape index (κ1) is 20.8. The first-order valence-electron chi connectivity index (χ1n) is 9.46. The summed E-state index contributed by atoms with van der Waals surface area (Å²) in [5.41, 5.74) is 1.97. The number of nitrogens with zero attached hydrogens (tertiary/aromatic N) is 2. The lowest BCUT2D eigenvalue weighted by Gasteiger charge is -2.21. The second-order valence-electron chi connectivity index (χ2n) is 7.36. The summed E-state index contributed by atoms with van der Waals surface area (Å²) in [5.74, 6) is 0.791. The van der Waals surface area contributed by atoms with Gasteiger partial charge in [0.25, 0.3) is 5.91 Å². The van der Waals surface area contributed by atoms with Crippen molar-refractivity contribution in [2.24, 2.45) is 11.8 Å². The van der Waals surface area contributed by atoms with Crippen molar-refractivity contribution in [1.29, 1.82) is 0 Å². The number of carbonyl (C=O) groups excluding carboxylic acids is 2. The molecule has 0 bridgehead atoms. The third-order valence-corrected chi connectivity index (χ3v) is 4.57. The lowest BCUT2D eigenvalue weighted by molar-refractivity contribution is -0.124. The van der Waals surface area contributed by atoms with Crippen LogP contribution >= 0.6 is 0 Å². The highest BCUT2D eigenvalue weighted by Gasteiger charge is 2.22. The molecule has 0 radical (unpaired) electrons. The highest BCUT2D eigenvalue weighted by molar-refractivity contribution is 5.90. The van der Waals surface area contributed by atoms with Crippen LogP contribution in [0.15, 0.2) is 18.5 Å². The van der Waals surface area contributed by atoms with Crippen LogP contribution in [0.1, 0.15) is 51.6 Å². The van der Waals surface area contributed by atoms with E-state index < -0.39 is 5.91 Å². The molecule has 1 saturated carbocycles. The SMILES string of the molecule is CC(C)C[C@@H](Nc1cnc(C=CC(=O)NO)cn1)C(=O)NCC1CCCC1. The van der Waals surface area contributed by atoms with Crippen LogP contribution in [-0.4, -0.2) is 39.6 Å². The molecule has 1 heterocycles. The first-order valence-corrected chi connectivity index (χ1v) is 9.46. The number of hydrogen-bond donors (Lipinski definition) is 4. The van der Waals surface area contributed by atoms with Crippen molar-refractivity contribution in [3.63, 3.8) is 0 Å². The number of nitrogens with one attached hydrogen (secondary N) is 3. The van der Waals surface area contributed by atoms with E-state index in [0.29, 0.717) is 29.8 Å². The Bertz CT molecular complexity index is 639. The van der Waals surface area contributed by atoms with E-state index in [2.05, 4.69) is 34.4 Å². The third-order valence-electron chi connectivity index (χ3n) is 4.57. The third kappa shape index (κ3) is 7.34. The Labute approximate surface area is 159 Å². The molecule has 148 valence electrons. The van der Waals surface area contributed by atoms with Crippen LogP contribution in [0.5, 0.6) is 0 Å². The van der Waals surface area contributed by atoms with Crippen LogP contribution in [0.25, 0.3) is 6.08 Å². The molecule has 0 aliphatic heterocycles. The first-order chi connectivity index (χ1) is 13.0. The summed E-state index contributed by atoms with van der Waals surface area (Å²) in [7, 11) is 0. The topological polar surface area (TPSA) is 116 Å². The smallest absolute Gasteiger partial charge is 0.267 e. The monoisotopic (exact) mass is 375 g/mol. The van der Waals surface area contributed by atoms with E-state index in [0.717, 1.165) is 12.6 Å². The maximum Gasteiger partial charge on any atom is 0.267 e. The van der Waals surface area contributed by atoms with Crippen molar-refractivity contribution in [3.8, 4) is 0 Å². The Balaban J connectivity index is 1.94. The van der Waals surface area contributed by atoms with Crippen molar-refractivity contribution in [2.75, 3.05) is 11.9 Å². The zero-order chi connectivity index (χ0) is 19.6. The second kappa shape index (κ2) is 10.6. The molecule has 8 nitrogen and oxygen atoms in total. The zero-order valence-electron chi connectivity index (χ0n) is 15.9. The molecule has 1 atom stereocenters. The van der Waals surface area contributed by atoms with Gasteiger partial charge in [0.05, 0.1) is 18.1 Å². The molecule has 4 N–H and O–H groups in total. The summed E-state index contributed by atoms with van der Waals surface area (Å²) in [4.78, 5) is 32.0. The van der Waals surface area contributed by atoms with Gasteiger partial charge >= 0.3 is 0 Å². The van der Waals surface area contributed by atoms with Gasteiger partial charge in [0.1, 0.15) is 11.9 Å². The summed E-state index contributed by atoms with van der Waals surface area (Å²) in [6.07, 6.45) is 11.2. The van der Waals surface area contributed by atoms with Gasteiger partial charge in [-0.3, -0.25) is 19.8 Å². The highest BCUT2D eigenvalue weighted by atomic mass is 16.5. The molecule has 2 rings (SSSR count). The minimum atomic E-state index is -0.644. The Morgan fingerprint density at radius 1 is 1.26 bits per heavy atom. The number of hydroxylamine groups is 1. The molecule has 1 aliphatic rings. The minimum absolute atomic E-state index is 0.0130. The molecule has 0 aromatic carbocycles. The summed E-state index contributed by atoms with van der Waals surface area (Å²) < 4.78 is 0. The molecular weight excluding hydrogens is 346 g/mol. The van der Waals surface area contributed by atoms with Gasteiger partial charge in [0.2, 0.25) is 5.91 Å². The van der Waals surface area contributed by atoms with Crippen LogP contribution in [0.4, 0.5) is 5.82 Å². The van der Waals surface area contributed by atoms with Crippen molar-refractivity contribution in [3.05, 3.63) is 24.2 Å². The van der Waals surface area contributed by atoms with Crippen molar-refractivity contribution in [2.45, 2.75) is 52.0 Å². The van der Waals surface area contributed by atoms with Crippen LogP contribution in [0, 0.1) is 11.8 Å². The van der Waals surface area contributed by atoms with Crippen LogP contribution in [0.3, 0.4) is 0 Å². The van der Waals surface area contributed by atoms with Crippen LogP contribution < -0.4 is 16.1 Å². The summed E-state index contributed by atoms with van der Waals surface area (Å²) >= 11 is 0. The quantitative estimate of drug-likeness (QED) is 0.298. The Hall–Kier alpha value is -2.48. The Morgan fingerprint density at radius 3 is 2.59 bits per heavy atom. The van der Waals surface area contributed by atoms with Gasteiger partial charge in [0.15, 0.2) is 0 Å². The van der Waals surface area contributed by atoms with E-state index in [9.17, 15) is 9.59 Å². The molecule has 27 heavy (non-hydrogen) atoms. The fourth-order valence-corrected chi connectivity index (χ4v) is 3.16. The molecular formula is C19H29N5O3. The standard InChI is InChI=1S/C19H29N5O3/c1-13(2)9-16(19(26)22-10-14-5-3-4-6-14)23-17-12-20-15(11-21-17)7-8-18(25)24-27/h7-8,11-14,16,27H,3-6,9-10H2,1-2H3,(H,21,23)(H,22,26)(H,24,25)/t16-/m1/s1. The van der Waals surface area contributed by atoms with E-state index in [1.807, 2.05) is 0 Å². The number of rotatable bonds is 9. The molecule has 1 aromatic rings. The van der Waals surface area contributed by atoms with Crippen molar-refractivity contribution >= 4 is 23.7 Å². The van der Waals surface area contributed by atoms with E-state index in [1.54, 1.807) is 0 Å². The molecule has 2 amide bonds. The van der Waals surface area contributed by atoms with Gasteiger partial charge in [-0.1, -0.05) is 26.7 Å². The van der Waals surface area contributed by atoms with E-state index in [1.165, 1.54) is 49.6 Å². The Morgan fingerprint density at radius 2 is 2.00 bits per heavy atom. The minimum Gasteiger partial charge on any atom is -0.357 e. The average Bonchev–Trinajstić information content (AvgIpc) is 3.18. The fraction of sp³-hybridized carbons (Fsp3) is 0.579. The van der Waals surface area contributed by atoms with E-state index >= 15 is 0 Å². The van der Waals surface area contributed by atoms with Gasteiger partial charge in [-0.15, -0.1) is 0 Å². The second-order valence-corrected chi connectivity index (χ2v) is 7.36. The lowest BCUT2D eigenvalue weighted by atomic mass is 10.0. The molecule has 0 unspecified atom stereocenters. The van der Waals surface area contributed by atoms with Gasteiger partial charge in [-0.05, 0) is 37.2 Å². The largest absolute Gasteiger partial charge is 0.357 e. The number of amides is 2. The normalized spacial score (nSPS) is 15.9. The van der Waals surface area contributed by atoms with Crippen molar-refractivity contribution < 1.29 is 14.8 Å². The maximum absolute atomic E-state index is 12.6. The zero-order valence-corrected chi connectivity index (χ0v) is 15.9. The number of carbonyl (C=O) groups is 2. The number of anilines is 1. The fourth-order valence-electron chi connectivity index (χ4n) is 3.16. The van der Waals surface area contributed by atoms with E-state index in [-0.39, 0.29) is 11.9 Å². The van der Waals surface area contributed by atoms with Crippen LogP contribution in [0.2, 0.25) is 0 Å². The van der Waals surface area contributed by atoms with Gasteiger partial charge in [-0.2, -0.15) is 0 Å². The summed E-state index contributed by atoms with van der Waals surface area (Å²) in [6.45, 7) is 4.88.